The number of hydrogen-bond acceptors (Lipinski definition) is 8. The highest BCUT2D eigenvalue weighted by Crippen LogP contribution is 2.28. The van der Waals surface area contributed by atoms with Crippen molar-refractivity contribution in [3.8, 4) is 0 Å². The van der Waals surface area contributed by atoms with Crippen molar-refractivity contribution in [2.45, 2.75) is 34.7 Å². The Balaban J connectivity index is 1.86. The molecule has 8 nitrogen and oxygen atoms in total. The van der Waals surface area contributed by atoms with E-state index in [1.54, 1.807) is 18.2 Å². The molecule has 146 valence electrons. The first-order valence-electron chi connectivity index (χ1n) is 7.94. The summed E-state index contributed by atoms with van der Waals surface area (Å²) in [6.45, 7) is 3.18. The number of aliphatic hydroxyl groups is 4. The standard InChI is InChI=1S/C16H23NO7S2/c1-2-10-3-5-11(6-4-10)26(22,23)17-7-8-25-16-15(21)14(20)13(19)12(9-18)24-16/h2-6,12-21H,1,7-9H2/t12-,13-,14+,15-,16+/m1/s1. The third-order valence-electron chi connectivity index (χ3n) is 3.95. The molecule has 1 aromatic carbocycles. The molecule has 1 aromatic rings. The monoisotopic (exact) mass is 405 g/mol. The molecule has 10 heteroatoms. The molecule has 0 saturated carbocycles. The van der Waals surface area contributed by atoms with Crippen molar-refractivity contribution in [1.82, 2.24) is 4.72 Å². The van der Waals surface area contributed by atoms with E-state index in [1.807, 2.05) is 0 Å². The molecule has 0 bridgehead atoms. The molecule has 1 saturated heterocycles. The molecular formula is C16H23NO7S2. The second-order valence-corrected chi connectivity index (χ2v) is 8.71. The van der Waals surface area contributed by atoms with Crippen molar-refractivity contribution in [3.05, 3.63) is 36.4 Å². The molecule has 5 atom stereocenters. The van der Waals surface area contributed by atoms with Crippen LogP contribution >= 0.6 is 11.8 Å². The zero-order valence-corrected chi connectivity index (χ0v) is 15.6. The molecule has 1 aliphatic heterocycles. The minimum absolute atomic E-state index is 0.0746. The van der Waals surface area contributed by atoms with Crippen LogP contribution in [-0.4, -0.2) is 77.6 Å². The second-order valence-electron chi connectivity index (χ2n) is 5.74. The van der Waals surface area contributed by atoms with Gasteiger partial charge in [-0.3, -0.25) is 0 Å². The lowest BCUT2D eigenvalue weighted by molar-refractivity contribution is -0.205. The molecule has 2 rings (SSSR count). The van der Waals surface area contributed by atoms with Crippen LogP contribution in [0.2, 0.25) is 0 Å². The maximum Gasteiger partial charge on any atom is 0.240 e. The Morgan fingerprint density at radius 1 is 1.15 bits per heavy atom. The Bertz CT molecular complexity index is 693. The zero-order valence-electron chi connectivity index (χ0n) is 13.9. The summed E-state index contributed by atoms with van der Waals surface area (Å²) in [5.41, 5.74) is -0.0796. The quantitative estimate of drug-likeness (QED) is 0.353. The van der Waals surface area contributed by atoms with E-state index >= 15 is 0 Å². The van der Waals surface area contributed by atoms with Crippen LogP contribution in [-0.2, 0) is 14.8 Å². The molecule has 0 spiro atoms. The molecule has 26 heavy (non-hydrogen) atoms. The number of ether oxygens (including phenoxy) is 1. The van der Waals surface area contributed by atoms with Crippen LogP contribution in [0, 0.1) is 0 Å². The Morgan fingerprint density at radius 2 is 1.81 bits per heavy atom. The molecular weight excluding hydrogens is 382 g/mol. The van der Waals surface area contributed by atoms with Crippen LogP contribution in [0.1, 0.15) is 5.56 Å². The maximum atomic E-state index is 12.2. The molecule has 0 aromatic heterocycles. The van der Waals surface area contributed by atoms with Gasteiger partial charge in [0.2, 0.25) is 10.0 Å². The summed E-state index contributed by atoms with van der Waals surface area (Å²) in [5.74, 6) is 0.257. The third-order valence-corrected chi connectivity index (χ3v) is 6.59. The Kier molecular flexibility index (Phi) is 7.62. The Hall–Kier alpha value is -0.980. The van der Waals surface area contributed by atoms with Crippen molar-refractivity contribution >= 4 is 27.9 Å². The van der Waals surface area contributed by atoms with Crippen LogP contribution in [0.25, 0.3) is 6.08 Å². The van der Waals surface area contributed by atoms with Gasteiger partial charge < -0.3 is 25.2 Å². The average molecular weight is 405 g/mol. The van der Waals surface area contributed by atoms with Gasteiger partial charge in [-0.25, -0.2) is 13.1 Å². The lowest BCUT2D eigenvalue weighted by Crippen LogP contribution is -2.57. The summed E-state index contributed by atoms with van der Waals surface area (Å²) in [6, 6.07) is 6.24. The van der Waals surface area contributed by atoms with E-state index in [2.05, 4.69) is 11.3 Å². The number of hydrogen-bond donors (Lipinski definition) is 5. The van der Waals surface area contributed by atoms with E-state index in [4.69, 9.17) is 9.84 Å². The highest BCUT2D eigenvalue weighted by Gasteiger charge is 2.43. The Morgan fingerprint density at radius 3 is 2.38 bits per heavy atom. The highest BCUT2D eigenvalue weighted by molar-refractivity contribution is 7.99. The van der Waals surface area contributed by atoms with Gasteiger partial charge in [0.1, 0.15) is 29.9 Å². The molecule has 0 aliphatic carbocycles. The molecule has 1 fully saturated rings. The summed E-state index contributed by atoms with van der Waals surface area (Å²) >= 11 is 1.08. The van der Waals surface area contributed by atoms with Gasteiger partial charge >= 0.3 is 0 Å². The molecule has 5 N–H and O–H groups in total. The van der Waals surface area contributed by atoms with E-state index in [1.165, 1.54) is 12.1 Å². The van der Waals surface area contributed by atoms with Gasteiger partial charge in [-0.15, -0.1) is 11.8 Å². The first kappa shape index (κ1) is 21.3. The topological polar surface area (TPSA) is 136 Å². The highest BCUT2D eigenvalue weighted by atomic mass is 32.2. The van der Waals surface area contributed by atoms with Gasteiger partial charge in [0, 0.05) is 12.3 Å². The van der Waals surface area contributed by atoms with E-state index in [-0.39, 0.29) is 17.2 Å². The normalized spacial score (nSPS) is 29.5. The van der Waals surface area contributed by atoms with Crippen LogP contribution in [0.5, 0.6) is 0 Å². The Labute approximate surface area is 156 Å². The largest absolute Gasteiger partial charge is 0.394 e. The number of thioether (sulfide) groups is 1. The van der Waals surface area contributed by atoms with Gasteiger partial charge in [-0.1, -0.05) is 24.8 Å². The van der Waals surface area contributed by atoms with Crippen molar-refractivity contribution in [1.29, 1.82) is 0 Å². The fraction of sp³-hybridized carbons (Fsp3) is 0.500. The number of aliphatic hydroxyl groups excluding tert-OH is 4. The summed E-state index contributed by atoms with van der Waals surface area (Å²) in [6.07, 6.45) is -3.57. The van der Waals surface area contributed by atoms with Gasteiger partial charge in [-0.05, 0) is 17.7 Å². The smallest absolute Gasteiger partial charge is 0.240 e. The van der Waals surface area contributed by atoms with Crippen molar-refractivity contribution in [3.63, 3.8) is 0 Å². The second kappa shape index (κ2) is 9.29. The number of benzene rings is 1. The molecule has 1 heterocycles. The average Bonchev–Trinajstić information content (AvgIpc) is 2.65. The van der Waals surface area contributed by atoms with E-state index in [0.29, 0.717) is 0 Å². The van der Waals surface area contributed by atoms with Crippen molar-refractivity contribution in [2.75, 3.05) is 18.9 Å². The molecule has 1 aliphatic rings. The van der Waals surface area contributed by atoms with Gasteiger partial charge in [0.15, 0.2) is 0 Å². The van der Waals surface area contributed by atoms with Crippen LogP contribution in [0.3, 0.4) is 0 Å². The van der Waals surface area contributed by atoms with E-state index in [0.717, 1.165) is 17.3 Å². The summed E-state index contributed by atoms with van der Waals surface area (Å²) < 4.78 is 32.2. The minimum Gasteiger partial charge on any atom is -0.394 e. The maximum absolute atomic E-state index is 12.2. The summed E-state index contributed by atoms with van der Waals surface area (Å²) in [7, 11) is -3.67. The SMILES string of the molecule is C=Cc1ccc(S(=O)(=O)NCCS[C@@H]2O[C@H](CO)[C@@H](O)[C@H](O)[C@H]2O)cc1. The van der Waals surface area contributed by atoms with Crippen LogP contribution in [0.15, 0.2) is 35.7 Å². The fourth-order valence-corrected chi connectivity index (χ4v) is 4.62. The number of rotatable bonds is 8. The van der Waals surface area contributed by atoms with Crippen molar-refractivity contribution in [2.24, 2.45) is 0 Å². The third kappa shape index (κ3) is 5.05. The summed E-state index contributed by atoms with van der Waals surface area (Å²) in [4.78, 5) is 0.126. The van der Waals surface area contributed by atoms with Gasteiger partial charge in [-0.2, -0.15) is 0 Å². The lowest BCUT2D eigenvalue weighted by Gasteiger charge is -2.39. The van der Waals surface area contributed by atoms with Crippen LogP contribution in [0.4, 0.5) is 0 Å². The molecule has 0 radical (unpaired) electrons. The number of sulfonamides is 1. The van der Waals surface area contributed by atoms with Crippen molar-refractivity contribution < 1.29 is 33.6 Å². The first-order valence-corrected chi connectivity index (χ1v) is 10.5. The fourth-order valence-electron chi connectivity index (χ4n) is 2.42. The zero-order chi connectivity index (χ0) is 19.3. The van der Waals surface area contributed by atoms with E-state index in [9.17, 15) is 23.7 Å². The number of nitrogens with one attached hydrogen (secondary N) is 1. The van der Waals surface area contributed by atoms with E-state index < -0.39 is 46.5 Å². The minimum atomic E-state index is -3.67. The van der Waals surface area contributed by atoms with Gasteiger partial charge in [0.25, 0.3) is 0 Å². The van der Waals surface area contributed by atoms with Gasteiger partial charge in [0.05, 0.1) is 11.5 Å². The predicted octanol–water partition coefficient (Wildman–Crippen LogP) is -0.859. The predicted molar refractivity (Wildman–Crippen MR) is 97.9 cm³/mol. The molecule has 0 amide bonds. The first-order chi connectivity index (χ1) is 12.3. The van der Waals surface area contributed by atoms with Crippen LogP contribution < -0.4 is 4.72 Å². The molecule has 0 unspecified atom stereocenters. The lowest BCUT2D eigenvalue weighted by atomic mass is 10.0. The summed E-state index contributed by atoms with van der Waals surface area (Å²) in [5, 5.41) is 38.5.